The lowest BCUT2D eigenvalue weighted by molar-refractivity contribution is 0.0806. The van der Waals surface area contributed by atoms with E-state index >= 15 is 0 Å². The summed E-state index contributed by atoms with van der Waals surface area (Å²) in [6.07, 6.45) is -0.713. The van der Waals surface area contributed by atoms with Crippen molar-refractivity contribution in [2.24, 2.45) is 0 Å². The van der Waals surface area contributed by atoms with Crippen molar-refractivity contribution in [1.82, 2.24) is 0 Å². The van der Waals surface area contributed by atoms with Crippen molar-refractivity contribution in [3.63, 3.8) is 0 Å². The summed E-state index contributed by atoms with van der Waals surface area (Å²) in [5.74, 6) is 1.32. The molecular formula is C30H34O4. The Morgan fingerprint density at radius 3 is 2.00 bits per heavy atom. The number of phenolic OH excluding ortho intramolecular Hbond substituents is 1. The third-order valence-corrected chi connectivity index (χ3v) is 6.53. The van der Waals surface area contributed by atoms with Gasteiger partial charge in [0.25, 0.3) is 0 Å². The molecule has 2 atom stereocenters. The number of Topliss-reactive ketones (excluding diaryl/α,β-unsaturated/α-hetero) is 1. The highest BCUT2D eigenvalue weighted by Gasteiger charge is 2.42. The fourth-order valence-electron chi connectivity index (χ4n) is 4.68. The molecule has 3 aromatic rings. The molecule has 0 unspecified atom stereocenters. The number of fused-ring (bicyclic) bond motifs is 1. The van der Waals surface area contributed by atoms with Crippen molar-refractivity contribution in [3.8, 4) is 17.2 Å². The summed E-state index contributed by atoms with van der Waals surface area (Å²) in [4.78, 5) is 13.7. The fraction of sp³-hybridized carbons (Fsp3) is 0.367. The molecule has 4 nitrogen and oxygen atoms in total. The molecule has 0 aliphatic carbocycles. The summed E-state index contributed by atoms with van der Waals surface area (Å²) >= 11 is 0. The van der Waals surface area contributed by atoms with Gasteiger partial charge in [-0.15, -0.1) is 0 Å². The van der Waals surface area contributed by atoms with E-state index in [1.165, 1.54) is 0 Å². The van der Waals surface area contributed by atoms with E-state index in [-0.39, 0.29) is 22.5 Å². The van der Waals surface area contributed by atoms with Crippen LogP contribution in [0.3, 0.4) is 0 Å². The van der Waals surface area contributed by atoms with Crippen LogP contribution in [0.4, 0.5) is 0 Å². The van der Waals surface area contributed by atoms with Crippen molar-refractivity contribution in [3.05, 3.63) is 88.5 Å². The molecule has 0 bridgehead atoms. The van der Waals surface area contributed by atoms with Crippen LogP contribution in [0.25, 0.3) is 0 Å². The first-order chi connectivity index (χ1) is 15.9. The number of aromatic hydroxyl groups is 1. The van der Waals surface area contributed by atoms with Crippen molar-refractivity contribution < 1.29 is 19.4 Å². The van der Waals surface area contributed by atoms with Gasteiger partial charge in [-0.25, -0.2) is 0 Å². The Hall–Kier alpha value is -3.27. The summed E-state index contributed by atoms with van der Waals surface area (Å²) in [6, 6.07) is 19.0. The smallest absolute Gasteiger partial charge is 0.204 e. The standard InChI is InChI=1S/C30H34O4/c1-29(2,3)22-15-19(16-23(27(22)32)30(4,5)6)25-21-17-20(33-7)13-14-24(21)34-28(25)26(31)18-11-9-8-10-12-18/h8-17,25,28,32H,1-7H3/t25-,28-/m0/s1. The minimum absolute atomic E-state index is 0.0662. The largest absolute Gasteiger partial charge is 0.507 e. The van der Waals surface area contributed by atoms with Crippen molar-refractivity contribution >= 4 is 5.78 Å². The van der Waals surface area contributed by atoms with Crippen LogP contribution in [0.15, 0.2) is 60.7 Å². The summed E-state index contributed by atoms with van der Waals surface area (Å²) in [5.41, 5.74) is 3.64. The van der Waals surface area contributed by atoms with E-state index in [2.05, 4.69) is 41.5 Å². The molecule has 1 N–H and O–H groups in total. The van der Waals surface area contributed by atoms with Gasteiger partial charge in [-0.05, 0) is 45.7 Å². The van der Waals surface area contributed by atoms with E-state index < -0.39 is 6.10 Å². The third-order valence-electron chi connectivity index (χ3n) is 6.53. The molecule has 3 aromatic carbocycles. The molecule has 0 aromatic heterocycles. The Kier molecular flexibility index (Phi) is 5.97. The van der Waals surface area contributed by atoms with Crippen molar-refractivity contribution in [2.45, 2.75) is 64.4 Å². The van der Waals surface area contributed by atoms with Crippen LogP contribution in [0.5, 0.6) is 17.2 Å². The Labute approximate surface area is 202 Å². The zero-order valence-electron chi connectivity index (χ0n) is 21.1. The summed E-state index contributed by atoms with van der Waals surface area (Å²) < 4.78 is 11.8. The molecule has 178 valence electrons. The summed E-state index contributed by atoms with van der Waals surface area (Å²) in [6.45, 7) is 12.5. The molecule has 1 aliphatic rings. The van der Waals surface area contributed by atoms with Crippen LogP contribution in [-0.4, -0.2) is 24.1 Å². The Bertz CT molecular complexity index is 1180. The van der Waals surface area contributed by atoms with Gasteiger partial charge in [-0.2, -0.15) is 0 Å². The maximum atomic E-state index is 13.7. The van der Waals surface area contributed by atoms with E-state index in [0.29, 0.717) is 22.8 Å². The highest BCUT2D eigenvalue weighted by Crippen LogP contribution is 2.48. The molecule has 4 rings (SSSR count). The zero-order chi connectivity index (χ0) is 24.8. The van der Waals surface area contributed by atoms with Gasteiger partial charge >= 0.3 is 0 Å². The Balaban J connectivity index is 1.96. The van der Waals surface area contributed by atoms with Gasteiger partial charge in [-0.3, -0.25) is 4.79 Å². The number of carbonyl (C=O) groups is 1. The van der Waals surface area contributed by atoms with Gasteiger partial charge in [0.05, 0.1) is 13.0 Å². The van der Waals surface area contributed by atoms with E-state index in [0.717, 1.165) is 22.3 Å². The number of methoxy groups -OCH3 is 1. The normalized spacial score (nSPS) is 17.7. The number of ketones is 1. The van der Waals surface area contributed by atoms with E-state index in [1.807, 2.05) is 60.7 Å². The summed E-state index contributed by atoms with van der Waals surface area (Å²) in [7, 11) is 1.63. The molecule has 0 saturated heterocycles. The quantitative estimate of drug-likeness (QED) is 0.438. The number of hydrogen-bond acceptors (Lipinski definition) is 4. The number of benzene rings is 3. The lowest BCUT2D eigenvalue weighted by Crippen LogP contribution is -2.30. The van der Waals surface area contributed by atoms with Crippen LogP contribution in [0, 0.1) is 0 Å². The van der Waals surface area contributed by atoms with E-state index in [9.17, 15) is 9.90 Å². The molecule has 4 heteroatoms. The van der Waals surface area contributed by atoms with Gasteiger partial charge in [0.2, 0.25) is 5.78 Å². The second-order valence-electron chi connectivity index (χ2n) is 11.1. The second kappa shape index (κ2) is 8.50. The lowest BCUT2D eigenvalue weighted by Gasteiger charge is -2.30. The van der Waals surface area contributed by atoms with Gasteiger partial charge in [0, 0.05) is 11.1 Å². The van der Waals surface area contributed by atoms with Crippen LogP contribution in [-0.2, 0) is 10.8 Å². The fourth-order valence-corrected chi connectivity index (χ4v) is 4.68. The first-order valence-corrected chi connectivity index (χ1v) is 11.7. The molecule has 0 amide bonds. The first-order valence-electron chi connectivity index (χ1n) is 11.7. The predicted molar refractivity (Wildman–Crippen MR) is 136 cm³/mol. The molecule has 0 fully saturated rings. The second-order valence-corrected chi connectivity index (χ2v) is 11.1. The molecule has 0 radical (unpaired) electrons. The minimum atomic E-state index is -0.713. The molecule has 1 heterocycles. The van der Waals surface area contributed by atoms with Gasteiger partial charge in [-0.1, -0.05) is 84.0 Å². The van der Waals surface area contributed by atoms with Crippen molar-refractivity contribution in [1.29, 1.82) is 0 Å². The summed E-state index contributed by atoms with van der Waals surface area (Å²) in [5, 5.41) is 11.2. The Morgan fingerprint density at radius 2 is 1.47 bits per heavy atom. The zero-order valence-corrected chi connectivity index (χ0v) is 21.1. The molecular weight excluding hydrogens is 424 g/mol. The highest BCUT2D eigenvalue weighted by molar-refractivity contribution is 6.01. The molecule has 1 aliphatic heterocycles. The van der Waals surface area contributed by atoms with E-state index in [4.69, 9.17) is 9.47 Å². The monoisotopic (exact) mass is 458 g/mol. The SMILES string of the molecule is COc1ccc2c(c1)[C@H](c1cc(C(C)(C)C)c(O)c(C(C)(C)C)c1)[C@@H](C(=O)c1ccccc1)O2. The number of carbonyl (C=O) groups excluding carboxylic acids is 1. The molecule has 34 heavy (non-hydrogen) atoms. The average molecular weight is 459 g/mol. The number of phenols is 1. The topological polar surface area (TPSA) is 55.8 Å². The van der Waals surface area contributed by atoms with E-state index in [1.54, 1.807) is 7.11 Å². The average Bonchev–Trinajstić information content (AvgIpc) is 3.16. The number of rotatable bonds is 4. The maximum Gasteiger partial charge on any atom is 0.204 e. The lowest BCUT2D eigenvalue weighted by atomic mass is 9.75. The van der Waals surface area contributed by atoms with Gasteiger partial charge in [0.1, 0.15) is 17.2 Å². The highest BCUT2D eigenvalue weighted by atomic mass is 16.5. The van der Waals surface area contributed by atoms with Crippen LogP contribution < -0.4 is 9.47 Å². The number of ether oxygens (including phenoxy) is 2. The molecule has 0 spiro atoms. The van der Waals surface area contributed by atoms with Crippen LogP contribution in [0.1, 0.15) is 80.1 Å². The third kappa shape index (κ3) is 4.29. The predicted octanol–water partition coefficient (Wildman–Crippen LogP) is 6.77. The Morgan fingerprint density at radius 1 is 0.882 bits per heavy atom. The van der Waals surface area contributed by atoms with Gasteiger partial charge < -0.3 is 14.6 Å². The minimum Gasteiger partial charge on any atom is -0.507 e. The maximum absolute atomic E-state index is 13.7. The van der Waals surface area contributed by atoms with Crippen molar-refractivity contribution in [2.75, 3.05) is 7.11 Å². The van der Waals surface area contributed by atoms with Crippen LogP contribution >= 0.6 is 0 Å². The number of hydrogen-bond donors (Lipinski definition) is 1. The first kappa shape index (κ1) is 23.9. The van der Waals surface area contributed by atoms with Gasteiger partial charge in [0.15, 0.2) is 6.10 Å². The van der Waals surface area contributed by atoms with Crippen LogP contribution in [0.2, 0.25) is 0 Å². The molecule has 0 saturated carbocycles.